The Morgan fingerprint density at radius 2 is 2.25 bits per heavy atom. The molecule has 0 saturated heterocycles. The number of amides is 1. The molecular formula is C13H17N5OS. The summed E-state index contributed by atoms with van der Waals surface area (Å²) in [6.45, 7) is 4.00. The molecule has 0 radical (unpaired) electrons. The van der Waals surface area contributed by atoms with E-state index in [9.17, 15) is 4.79 Å². The summed E-state index contributed by atoms with van der Waals surface area (Å²) in [7, 11) is 0. The molecular weight excluding hydrogens is 274 g/mol. The van der Waals surface area contributed by atoms with Gasteiger partial charge in [0.2, 0.25) is 0 Å². The minimum absolute atomic E-state index is 0.212. The summed E-state index contributed by atoms with van der Waals surface area (Å²) < 4.78 is 0. The van der Waals surface area contributed by atoms with Crippen molar-refractivity contribution in [2.45, 2.75) is 26.7 Å². The largest absolute Gasteiger partial charge is 0.308 e. The van der Waals surface area contributed by atoms with E-state index in [2.05, 4.69) is 27.6 Å². The molecule has 0 aromatic carbocycles. The molecule has 6 nitrogen and oxygen atoms in total. The molecule has 0 bridgehead atoms. The van der Waals surface area contributed by atoms with Crippen molar-refractivity contribution < 1.29 is 4.79 Å². The summed E-state index contributed by atoms with van der Waals surface area (Å²) in [5.74, 6) is 5.66. The van der Waals surface area contributed by atoms with E-state index in [1.54, 1.807) is 18.3 Å². The summed E-state index contributed by atoms with van der Waals surface area (Å²) in [6.07, 6.45) is 3.47. The molecule has 106 valence electrons. The second-order valence-corrected chi connectivity index (χ2v) is 5.59. The molecule has 2 heterocycles. The number of hydrogen-bond acceptors (Lipinski definition) is 6. The van der Waals surface area contributed by atoms with Crippen LogP contribution >= 0.6 is 11.3 Å². The molecule has 2 aromatic rings. The number of thiazole rings is 1. The van der Waals surface area contributed by atoms with Crippen LogP contribution in [-0.4, -0.2) is 15.9 Å². The van der Waals surface area contributed by atoms with E-state index in [4.69, 9.17) is 5.84 Å². The number of hydrazine groups is 1. The SMILES string of the molecule is CCCc1cc(C(=O)Nc2ncc(C)s2)cc(NN)n1. The number of anilines is 2. The highest BCUT2D eigenvalue weighted by Crippen LogP contribution is 2.18. The summed E-state index contributed by atoms with van der Waals surface area (Å²) in [6, 6.07) is 3.40. The Kier molecular flexibility index (Phi) is 4.65. The molecule has 0 aliphatic heterocycles. The number of pyridine rings is 1. The van der Waals surface area contributed by atoms with Crippen LogP contribution in [0.15, 0.2) is 18.3 Å². The van der Waals surface area contributed by atoms with Gasteiger partial charge in [-0.05, 0) is 25.5 Å². The summed E-state index contributed by atoms with van der Waals surface area (Å²) in [5, 5.41) is 3.36. The number of aromatic nitrogens is 2. The fraction of sp³-hybridized carbons (Fsp3) is 0.308. The molecule has 0 saturated carbocycles. The maximum absolute atomic E-state index is 12.2. The number of nitrogens with zero attached hydrogens (tertiary/aromatic N) is 2. The van der Waals surface area contributed by atoms with Crippen LogP contribution in [0.3, 0.4) is 0 Å². The zero-order chi connectivity index (χ0) is 14.5. The van der Waals surface area contributed by atoms with E-state index >= 15 is 0 Å². The van der Waals surface area contributed by atoms with Gasteiger partial charge in [-0.2, -0.15) is 0 Å². The molecule has 0 aliphatic carbocycles. The van der Waals surface area contributed by atoms with E-state index < -0.39 is 0 Å². The van der Waals surface area contributed by atoms with Crippen molar-refractivity contribution in [2.75, 3.05) is 10.7 Å². The second-order valence-electron chi connectivity index (χ2n) is 4.36. The lowest BCUT2D eigenvalue weighted by atomic mass is 10.1. The van der Waals surface area contributed by atoms with Gasteiger partial charge in [0, 0.05) is 22.3 Å². The Morgan fingerprint density at radius 1 is 1.45 bits per heavy atom. The number of nitrogens with one attached hydrogen (secondary N) is 2. The predicted octanol–water partition coefficient (Wildman–Crippen LogP) is 2.34. The van der Waals surface area contributed by atoms with Crippen molar-refractivity contribution in [3.05, 3.63) is 34.5 Å². The molecule has 1 amide bonds. The highest BCUT2D eigenvalue weighted by Gasteiger charge is 2.11. The minimum Gasteiger partial charge on any atom is -0.308 e. The van der Waals surface area contributed by atoms with E-state index in [0.29, 0.717) is 16.5 Å². The third-order valence-corrected chi connectivity index (χ3v) is 3.46. The van der Waals surface area contributed by atoms with Gasteiger partial charge in [0.05, 0.1) is 0 Å². The van der Waals surface area contributed by atoms with Crippen molar-refractivity contribution in [1.29, 1.82) is 0 Å². The van der Waals surface area contributed by atoms with Crippen molar-refractivity contribution >= 4 is 28.2 Å². The van der Waals surface area contributed by atoms with Gasteiger partial charge < -0.3 is 5.43 Å². The van der Waals surface area contributed by atoms with E-state index in [-0.39, 0.29) is 5.91 Å². The lowest BCUT2D eigenvalue weighted by molar-refractivity contribution is 0.102. The van der Waals surface area contributed by atoms with Crippen molar-refractivity contribution in [2.24, 2.45) is 5.84 Å². The number of carbonyl (C=O) groups excluding carboxylic acids is 1. The number of hydrogen-bond donors (Lipinski definition) is 3. The Balaban J connectivity index is 2.21. The monoisotopic (exact) mass is 291 g/mol. The van der Waals surface area contributed by atoms with Crippen LogP contribution in [0.4, 0.5) is 10.9 Å². The van der Waals surface area contributed by atoms with Crippen LogP contribution in [0, 0.1) is 6.92 Å². The summed E-state index contributed by atoms with van der Waals surface area (Å²) in [5.41, 5.74) is 3.84. The fourth-order valence-electron chi connectivity index (χ4n) is 1.76. The molecule has 0 atom stereocenters. The Bertz CT molecular complexity index is 611. The highest BCUT2D eigenvalue weighted by atomic mass is 32.1. The van der Waals surface area contributed by atoms with Gasteiger partial charge in [-0.15, -0.1) is 11.3 Å². The predicted molar refractivity (Wildman–Crippen MR) is 80.8 cm³/mol. The average Bonchev–Trinajstić information content (AvgIpc) is 2.84. The van der Waals surface area contributed by atoms with Crippen LogP contribution in [-0.2, 0) is 6.42 Å². The third-order valence-electron chi connectivity index (χ3n) is 2.64. The first-order chi connectivity index (χ1) is 9.62. The Morgan fingerprint density at radius 3 is 2.85 bits per heavy atom. The van der Waals surface area contributed by atoms with E-state index in [1.807, 2.05) is 6.92 Å². The number of nitrogens with two attached hydrogens (primary N) is 1. The molecule has 0 aliphatic rings. The molecule has 20 heavy (non-hydrogen) atoms. The van der Waals surface area contributed by atoms with Gasteiger partial charge in [-0.3, -0.25) is 10.1 Å². The van der Waals surface area contributed by atoms with Crippen LogP contribution in [0.5, 0.6) is 0 Å². The minimum atomic E-state index is -0.212. The van der Waals surface area contributed by atoms with Crippen LogP contribution in [0.1, 0.15) is 34.3 Å². The van der Waals surface area contributed by atoms with Crippen LogP contribution < -0.4 is 16.6 Å². The summed E-state index contributed by atoms with van der Waals surface area (Å²) in [4.78, 5) is 21.7. The number of nitrogen functional groups attached to an aromatic ring is 1. The first-order valence-electron chi connectivity index (χ1n) is 6.33. The van der Waals surface area contributed by atoms with Crippen LogP contribution in [0.25, 0.3) is 0 Å². The highest BCUT2D eigenvalue weighted by molar-refractivity contribution is 7.15. The standard InChI is InChI=1S/C13H17N5OS/c1-3-4-10-5-9(6-11(16-10)18-14)12(19)17-13-15-7-8(2)20-13/h5-7H,3-4,14H2,1-2H3,(H,16,18)(H,15,17,19). The van der Waals surface area contributed by atoms with E-state index in [0.717, 1.165) is 23.4 Å². The summed E-state index contributed by atoms with van der Waals surface area (Å²) >= 11 is 1.44. The Labute approximate surface area is 121 Å². The fourth-order valence-corrected chi connectivity index (χ4v) is 2.42. The van der Waals surface area contributed by atoms with Gasteiger partial charge in [0.25, 0.3) is 5.91 Å². The van der Waals surface area contributed by atoms with E-state index in [1.165, 1.54) is 11.3 Å². The molecule has 4 N–H and O–H groups in total. The molecule has 2 rings (SSSR count). The maximum atomic E-state index is 12.2. The quantitative estimate of drug-likeness (QED) is 0.581. The maximum Gasteiger partial charge on any atom is 0.257 e. The molecule has 2 aromatic heterocycles. The van der Waals surface area contributed by atoms with Crippen molar-refractivity contribution in [3.8, 4) is 0 Å². The zero-order valence-electron chi connectivity index (χ0n) is 11.4. The zero-order valence-corrected chi connectivity index (χ0v) is 12.3. The lowest BCUT2D eigenvalue weighted by Crippen LogP contribution is -2.15. The van der Waals surface area contributed by atoms with Crippen molar-refractivity contribution in [1.82, 2.24) is 9.97 Å². The molecule has 0 unspecified atom stereocenters. The van der Waals surface area contributed by atoms with Gasteiger partial charge in [0.15, 0.2) is 5.13 Å². The van der Waals surface area contributed by atoms with Gasteiger partial charge in [-0.25, -0.2) is 15.8 Å². The lowest BCUT2D eigenvalue weighted by Gasteiger charge is -2.07. The van der Waals surface area contributed by atoms with Gasteiger partial charge in [0.1, 0.15) is 5.82 Å². The molecule has 0 fully saturated rings. The van der Waals surface area contributed by atoms with Crippen LogP contribution in [0.2, 0.25) is 0 Å². The number of aryl methyl sites for hydroxylation is 2. The van der Waals surface area contributed by atoms with Gasteiger partial charge >= 0.3 is 0 Å². The average molecular weight is 291 g/mol. The first-order valence-corrected chi connectivity index (χ1v) is 7.15. The number of rotatable bonds is 5. The normalized spacial score (nSPS) is 10.3. The second kappa shape index (κ2) is 6.44. The molecule has 0 spiro atoms. The first kappa shape index (κ1) is 14.4. The number of carbonyl (C=O) groups is 1. The smallest absolute Gasteiger partial charge is 0.257 e. The topological polar surface area (TPSA) is 92.9 Å². The molecule has 7 heteroatoms. The van der Waals surface area contributed by atoms with Crippen molar-refractivity contribution in [3.63, 3.8) is 0 Å². The van der Waals surface area contributed by atoms with Gasteiger partial charge in [-0.1, -0.05) is 13.3 Å². The third kappa shape index (κ3) is 3.52. The Hall–Kier alpha value is -1.99.